The van der Waals surface area contributed by atoms with Crippen molar-refractivity contribution in [3.8, 4) is 5.75 Å². The number of amides is 1. The van der Waals surface area contributed by atoms with Gasteiger partial charge in [0.1, 0.15) is 10.6 Å². The molecule has 7 heteroatoms. The summed E-state index contributed by atoms with van der Waals surface area (Å²) in [6.07, 6.45) is 0. The molecule has 0 unspecified atom stereocenters. The Morgan fingerprint density at radius 2 is 2.00 bits per heavy atom. The zero-order chi connectivity index (χ0) is 14.6. The maximum absolute atomic E-state index is 12.2. The quantitative estimate of drug-likeness (QED) is 0.821. The van der Waals surface area contributed by atoms with Crippen LogP contribution in [0.3, 0.4) is 0 Å². The Morgan fingerprint density at radius 3 is 2.53 bits per heavy atom. The van der Waals surface area contributed by atoms with Crippen LogP contribution < -0.4 is 14.8 Å². The van der Waals surface area contributed by atoms with Gasteiger partial charge in [-0.3, -0.25) is 4.79 Å². The van der Waals surface area contributed by atoms with E-state index in [-0.39, 0.29) is 10.6 Å². The largest absolute Gasteiger partial charge is 0.495 e. The lowest BCUT2D eigenvalue weighted by Crippen LogP contribution is -2.43. The van der Waals surface area contributed by atoms with Crippen molar-refractivity contribution in [1.29, 1.82) is 0 Å². The summed E-state index contributed by atoms with van der Waals surface area (Å²) >= 11 is 0. The number of hydrogen-bond donors (Lipinski definition) is 2. The highest BCUT2D eigenvalue weighted by Crippen LogP contribution is 2.24. The molecule has 0 spiro atoms. The highest BCUT2D eigenvalue weighted by atomic mass is 32.2. The van der Waals surface area contributed by atoms with Crippen LogP contribution in [0.25, 0.3) is 0 Å². The van der Waals surface area contributed by atoms with Gasteiger partial charge >= 0.3 is 0 Å². The van der Waals surface area contributed by atoms with E-state index in [1.807, 2.05) is 0 Å². The third-order valence-electron chi connectivity index (χ3n) is 2.58. The van der Waals surface area contributed by atoms with Gasteiger partial charge in [0.25, 0.3) is 0 Å². The van der Waals surface area contributed by atoms with Crippen molar-refractivity contribution in [2.45, 2.75) is 24.8 Å². The van der Waals surface area contributed by atoms with Gasteiger partial charge in [-0.05, 0) is 31.5 Å². The third-order valence-corrected chi connectivity index (χ3v) is 4.14. The number of ether oxygens (including phenoxy) is 1. The van der Waals surface area contributed by atoms with Gasteiger partial charge in [-0.15, -0.1) is 0 Å². The summed E-state index contributed by atoms with van der Waals surface area (Å²) in [5.41, 5.74) is 0.786. The molecule has 0 radical (unpaired) electrons. The van der Waals surface area contributed by atoms with Crippen molar-refractivity contribution >= 4 is 15.9 Å². The standard InChI is InChI=1S/C12H18N2O4S/c1-8-5-6-10(18-4)11(7-8)19(16,17)14-9(2)12(15)13-3/h5-7,9,14H,1-4H3,(H,13,15)/t9-/m1/s1. The molecule has 0 aliphatic heterocycles. The molecule has 1 atom stereocenters. The molecule has 106 valence electrons. The molecule has 0 bridgehead atoms. The molecular formula is C12H18N2O4S. The zero-order valence-corrected chi connectivity index (χ0v) is 12.2. The summed E-state index contributed by atoms with van der Waals surface area (Å²) in [7, 11) is -0.976. The molecule has 2 N–H and O–H groups in total. The fourth-order valence-corrected chi connectivity index (χ4v) is 3.02. The number of aryl methyl sites for hydroxylation is 1. The molecule has 0 heterocycles. The van der Waals surface area contributed by atoms with E-state index in [2.05, 4.69) is 10.0 Å². The van der Waals surface area contributed by atoms with E-state index in [1.54, 1.807) is 19.1 Å². The third kappa shape index (κ3) is 3.68. The predicted molar refractivity (Wildman–Crippen MR) is 71.6 cm³/mol. The molecule has 6 nitrogen and oxygen atoms in total. The Balaban J connectivity index is 3.13. The predicted octanol–water partition coefficient (Wildman–Crippen LogP) is 0.416. The molecular weight excluding hydrogens is 268 g/mol. The lowest BCUT2D eigenvalue weighted by molar-refractivity contribution is -0.121. The Hall–Kier alpha value is -1.60. The fraction of sp³-hybridized carbons (Fsp3) is 0.417. The van der Waals surface area contributed by atoms with Crippen LogP contribution in [-0.2, 0) is 14.8 Å². The first kappa shape index (κ1) is 15.5. The van der Waals surface area contributed by atoms with Gasteiger partial charge < -0.3 is 10.1 Å². The Kier molecular flexibility index (Phi) is 4.90. The van der Waals surface area contributed by atoms with Crippen LogP contribution in [0.4, 0.5) is 0 Å². The van der Waals surface area contributed by atoms with Crippen molar-refractivity contribution in [2.24, 2.45) is 0 Å². The number of benzene rings is 1. The molecule has 1 aromatic carbocycles. The lowest BCUT2D eigenvalue weighted by atomic mass is 10.2. The second-order valence-electron chi connectivity index (χ2n) is 4.11. The van der Waals surface area contributed by atoms with Gasteiger partial charge in [-0.2, -0.15) is 4.72 Å². The lowest BCUT2D eigenvalue weighted by Gasteiger charge is -2.15. The van der Waals surface area contributed by atoms with Gasteiger partial charge in [0.05, 0.1) is 13.2 Å². The van der Waals surface area contributed by atoms with E-state index in [4.69, 9.17) is 4.74 Å². The first-order valence-electron chi connectivity index (χ1n) is 5.70. The topological polar surface area (TPSA) is 84.5 Å². The van der Waals surface area contributed by atoms with Crippen molar-refractivity contribution in [3.63, 3.8) is 0 Å². The molecule has 0 saturated heterocycles. The number of nitrogens with one attached hydrogen (secondary N) is 2. The smallest absolute Gasteiger partial charge is 0.244 e. The summed E-state index contributed by atoms with van der Waals surface area (Å²) in [6, 6.07) is 3.96. The van der Waals surface area contributed by atoms with Crippen LogP contribution in [0.5, 0.6) is 5.75 Å². The number of sulfonamides is 1. The van der Waals surface area contributed by atoms with Gasteiger partial charge in [-0.1, -0.05) is 6.07 Å². The minimum absolute atomic E-state index is 0.0192. The zero-order valence-electron chi connectivity index (χ0n) is 11.4. The second kappa shape index (κ2) is 6.03. The first-order valence-corrected chi connectivity index (χ1v) is 7.18. The Morgan fingerprint density at radius 1 is 1.37 bits per heavy atom. The van der Waals surface area contributed by atoms with E-state index in [1.165, 1.54) is 27.1 Å². The number of hydrogen-bond acceptors (Lipinski definition) is 4. The Bertz CT molecular complexity index is 569. The summed E-state index contributed by atoms with van der Waals surface area (Å²) in [4.78, 5) is 11.4. The summed E-state index contributed by atoms with van der Waals surface area (Å²) in [6.45, 7) is 3.25. The number of carbonyl (C=O) groups is 1. The molecule has 0 fully saturated rings. The number of rotatable bonds is 5. The van der Waals surface area contributed by atoms with E-state index >= 15 is 0 Å². The van der Waals surface area contributed by atoms with Crippen LogP contribution in [0.2, 0.25) is 0 Å². The highest BCUT2D eigenvalue weighted by molar-refractivity contribution is 7.89. The summed E-state index contributed by atoms with van der Waals surface area (Å²) in [5, 5.41) is 2.38. The number of likely N-dealkylation sites (N-methyl/N-ethyl adjacent to an activating group) is 1. The monoisotopic (exact) mass is 286 g/mol. The van der Waals surface area contributed by atoms with E-state index in [0.29, 0.717) is 0 Å². The maximum Gasteiger partial charge on any atom is 0.244 e. The number of methoxy groups -OCH3 is 1. The van der Waals surface area contributed by atoms with Gasteiger partial charge in [0.2, 0.25) is 15.9 Å². The average molecular weight is 286 g/mol. The Labute approximate surface area is 113 Å². The summed E-state index contributed by atoms with van der Waals surface area (Å²) < 4.78 is 31.8. The fourth-order valence-electron chi connectivity index (χ4n) is 1.56. The molecule has 19 heavy (non-hydrogen) atoms. The molecule has 1 aromatic rings. The van der Waals surface area contributed by atoms with Crippen LogP contribution in [0.15, 0.2) is 23.1 Å². The normalized spacial score (nSPS) is 12.8. The van der Waals surface area contributed by atoms with Gasteiger partial charge in [-0.25, -0.2) is 8.42 Å². The maximum atomic E-state index is 12.2. The SMILES string of the molecule is CNC(=O)[C@@H](C)NS(=O)(=O)c1cc(C)ccc1OC. The first-order chi connectivity index (χ1) is 8.81. The van der Waals surface area contributed by atoms with Gasteiger partial charge in [0.15, 0.2) is 0 Å². The van der Waals surface area contributed by atoms with Gasteiger partial charge in [0, 0.05) is 7.05 Å². The number of carbonyl (C=O) groups excluding carboxylic acids is 1. The van der Waals surface area contributed by atoms with Crippen LogP contribution in [-0.4, -0.2) is 34.5 Å². The van der Waals surface area contributed by atoms with Crippen LogP contribution in [0.1, 0.15) is 12.5 Å². The average Bonchev–Trinajstić information content (AvgIpc) is 2.37. The van der Waals surface area contributed by atoms with Crippen molar-refractivity contribution in [1.82, 2.24) is 10.0 Å². The molecule has 0 aromatic heterocycles. The highest BCUT2D eigenvalue weighted by Gasteiger charge is 2.24. The van der Waals surface area contributed by atoms with E-state index in [0.717, 1.165) is 5.56 Å². The summed E-state index contributed by atoms with van der Waals surface area (Å²) in [5.74, 6) is -0.169. The van der Waals surface area contributed by atoms with E-state index in [9.17, 15) is 13.2 Å². The van der Waals surface area contributed by atoms with E-state index < -0.39 is 22.0 Å². The molecule has 1 rings (SSSR count). The molecule has 0 aliphatic carbocycles. The van der Waals surface area contributed by atoms with Crippen molar-refractivity contribution < 1.29 is 17.9 Å². The minimum Gasteiger partial charge on any atom is -0.495 e. The molecule has 0 aliphatic rings. The minimum atomic E-state index is -3.82. The van der Waals surface area contributed by atoms with Crippen LogP contribution >= 0.6 is 0 Å². The molecule has 1 amide bonds. The van der Waals surface area contributed by atoms with Crippen molar-refractivity contribution in [3.05, 3.63) is 23.8 Å². The second-order valence-corrected chi connectivity index (χ2v) is 5.79. The molecule has 0 saturated carbocycles. The van der Waals surface area contributed by atoms with Crippen molar-refractivity contribution in [2.75, 3.05) is 14.2 Å². The van der Waals surface area contributed by atoms with Crippen LogP contribution in [0, 0.1) is 6.92 Å².